The fourth-order valence-electron chi connectivity index (χ4n) is 6.24. The molecule has 2 aliphatic rings. The van der Waals surface area contributed by atoms with Gasteiger partial charge in [0.25, 0.3) is 0 Å². The lowest BCUT2D eigenvalue weighted by atomic mass is 9.57. The van der Waals surface area contributed by atoms with E-state index in [0.29, 0.717) is 11.3 Å². The van der Waals surface area contributed by atoms with E-state index in [1.165, 1.54) is 56.4 Å². The van der Waals surface area contributed by atoms with Crippen molar-refractivity contribution in [3.8, 4) is 0 Å². The largest absolute Gasteiger partial charge is 0.385 e. The highest BCUT2D eigenvalue weighted by atomic mass is 15.2. The highest BCUT2D eigenvalue weighted by molar-refractivity contribution is 5.48. The van der Waals surface area contributed by atoms with Crippen molar-refractivity contribution in [3.63, 3.8) is 0 Å². The molecule has 4 atom stereocenters. The van der Waals surface area contributed by atoms with Crippen molar-refractivity contribution in [3.05, 3.63) is 65.7 Å². The van der Waals surface area contributed by atoms with Gasteiger partial charge in [-0.15, -0.1) is 0 Å². The van der Waals surface area contributed by atoms with Crippen molar-refractivity contribution in [1.29, 1.82) is 0 Å². The first-order valence-corrected chi connectivity index (χ1v) is 11.7. The Morgan fingerprint density at radius 1 is 1.10 bits per heavy atom. The number of nitrogens with zero attached hydrogens (tertiary/aromatic N) is 1. The van der Waals surface area contributed by atoms with Crippen molar-refractivity contribution in [2.24, 2.45) is 11.8 Å². The van der Waals surface area contributed by atoms with Crippen LogP contribution in [-0.4, -0.2) is 30.6 Å². The van der Waals surface area contributed by atoms with Crippen molar-refractivity contribution < 1.29 is 0 Å². The molecule has 2 fully saturated rings. The number of anilines is 1. The molecule has 1 aliphatic carbocycles. The molecule has 2 heteroatoms. The van der Waals surface area contributed by atoms with Gasteiger partial charge in [-0.1, -0.05) is 62.7 Å². The molecule has 0 amide bonds. The topological polar surface area (TPSA) is 15.3 Å². The van der Waals surface area contributed by atoms with Crippen LogP contribution in [-0.2, 0) is 11.8 Å². The molecule has 29 heavy (non-hydrogen) atoms. The molecular weight excluding hydrogens is 352 g/mol. The van der Waals surface area contributed by atoms with E-state index in [1.807, 2.05) is 0 Å². The van der Waals surface area contributed by atoms with E-state index in [-0.39, 0.29) is 0 Å². The quantitative estimate of drug-likeness (QED) is 0.612. The van der Waals surface area contributed by atoms with Gasteiger partial charge in [-0.25, -0.2) is 0 Å². The van der Waals surface area contributed by atoms with Gasteiger partial charge >= 0.3 is 0 Å². The second kappa shape index (κ2) is 8.92. The molecule has 0 aromatic heterocycles. The number of hydrogen-bond acceptors (Lipinski definition) is 2. The van der Waals surface area contributed by atoms with Gasteiger partial charge in [0.2, 0.25) is 0 Å². The molecule has 1 N–H and O–H groups in total. The van der Waals surface area contributed by atoms with Crippen LogP contribution in [0.3, 0.4) is 0 Å². The fraction of sp³-hybridized carbons (Fsp3) is 0.556. The maximum absolute atomic E-state index is 3.52. The number of rotatable bonds is 7. The van der Waals surface area contributed by atoms with Gasteiger partial charge in [0, 0.05) is 30.2 Å². The molecule has 0 radical (unpaired) electrons. The van der Waals surface area contributed by atoms with Crippen LogP contribution < -0.4 is 5.32 Å². The van der Waals surface area contributed by atoms with E-state index in [2.05, 4.69) is 85.6 Å². The van der Waals surface area contributed by atoms with Crippen LogP contribution in [0.1, 0.15) is 57.6 Å². The van der Waals surface area contributed by atoms with Crippen LogP contribution in [0.15, 0.2) is 54.6 Å². The average molecular weight is 391 g/mol. The number of likely N-dealkylation sites (tertiary alicyclic amines) is 1. The van der Waals surface area contributed by atoms with Crippen LogP contribution in [0.25, 0.3) is 0 Å². The maximum Gasteiger partial charge on any atom is 0.0343 e. The fourth-order valence-corrected chi connectivity index (χ4v) is 6.24. The monoisotopic (exact) mass is 390 g/mol. The molecule has 1 aliphatic heterocycles. The van der Waals surface area contributed by atoms with Crippen molar-refractivity contribution in [2.45, 2.75) is 64.3 Å². The van der Waals surface area contributed by atoms with E-state index < -0.39 is 0 Å². The minimum absolute atomic E-state index is 0.369. The SMILES string of the molecule is CCNc1cccc(C23CCCC(C2C)N(CC(C)Cc2ccccc2)CC3)c1. The van der Waals surface area contributed by atoms with E-state index in [9.17, 15) is 0 Å². The van der Waals surface area contributed by atoms with Gasteiger partial charge in [-0.3, -0.25) is 4.90 Å². The maximum atomic E-state index is 3.52. The van der Waals surface area contributed by atoms with Gasteiger partial charge in [0.1, 0.15) is 0 Å². The number of nitrogens with one attached hydrogen (secondary N) is 1. The first kappa shape index (κ1) is 20.5. The molecule has 2 aromatic carbocycles. The lowest BCUT2D eigenvalue weighted by Gasteiger charge is -2.56. The van der Waals surface area contributed by atoms with E-state index in [1.54, 1.807) is 5.56 Å². The third-order valence-corrected chi connectivity index (χ3v) is 7.68. The lowest BCUT2D eigenvalue weighted by molar-refractivity contribution is -0.00984. The van der Waals surface area contributed by atoms with Crippen LogP contribution in [0.4, 0.5) is 5.69 Å². The normalized spacial score (nSPS) is 28.1. The molecular formula is C27H38N2. The number of hydrogen-bond donors (Lipinski definition) is 1. The highest BCUT2D eigenvalue weighted by Crippen LogP contribution is 2.51. The van der Waals surface area contributed by atoms with E-state index in [0.717, 1.165) is 18.5 Å². The Morgan fingerprint density at radius 2 is 1.93 bits per heavy atom. The van der Waals surface area contributed by atoms with Crippen LogP contribution in [0, 0.1) is 11.8 Å². The molecule has 4 unspecified atom stereocenters. The Hall–Kier alpha value is -1.80. The van der Waals surface area contributed by atoms with Crippen LogP contribution in [0.2, 0.25) is 0 Å². The zero-order valence-corrected chi connectivity index (χ0v) is 18.5. The minimum Gasteiger partial charge on any atom is -0.385 e. The minimum atomic E-state index is 0.369. The summed E-state index contributed by atoms with van der Waals surface area (Å²) in [6.07, 6.45) is 6.58. The molecule has 2 bridgehead atoms. The van der Waals surface area contributed by atoms with Gasteiger partial charge < -0.3 is 5.32 Å². The Kier molecular flexibility index (Phi) is 6.29. The summed E-state index contributed by atoms with van der Waals surface area (Å²) in [5.74, 6) is 1.43. The van der Waals surface area contributed by atoms with Gasteiger partial charge in [0.05, 0.1) is 0 Å². The van der Waals surface area contributed by atoms with E-state index >= 15 is 0 Å². The second-order valence-corrected chi connectivity index (χ2v) is 9.56. The summed E-state index contributed by atoms with van der Waals surface area (Å²) in [6.45, 7) is 10.6. The van der Waals surface area contributed by atoms with Gasteiger partial charge in [-0.05, 0) is 74.2 Å². The number of benzene rings is 2. The first-order chi connectivity index (χ1) is 14.1. The van der Waals surface area contributed by atoms with Gasteiger partial charge in [0.15, 0.2) is 0 Å². The number of fused-ring (bicyclic) bond motifs is 2. The molecule has 0 spiro atoms. The smallest absolute Gasteiger partial charge is 0.0343 e. The Labute approximate surface area is 177 Å². The third-order valence-electron chi connectivity index (χ3n) is 7.68. The molecule has 1 saturated heterocycles. The zero-order valence-electron chi connectivity index (χ0n) is 18.5. The van der Waals surface area contributed by atoms with Crippen molar-refractivity contribution in [2.75, 3.05) is 25.0 Å². The molecule has 4 rings (SSSR count). The summed E-state index contributed by atoms with van der Waals surface area (Å²) < 4.78 is 0. The lowest BCUT2D eigenvalue weighted by Crippen LogP contribution is -2.58. The first-order valence-electron chi connectivity index (χ1n) is 11.7. The molecule has 1 heterocycles. The highest BCUT2D eigenvalue weighted by Gasteiger charge is 2.49. The second-order valence-electron chi connectivity index (χ2n) is 9.56. The van der Waals surface area contributed by atoms with Crippen molar-refractivity contribution >= 4 is 5.69 Å². The molecule has 156 valence electrons. The Morgan fingerprint density at radius 3 is 2.72 bits per heavy atom. The summed E-state index contributed by atoms with van der Waals surface area (Å²) in [4.78, 5) is 2.84. The standard InChI is InChI=1S/C27H38N2/c1-4-28-25-13-8-12-24(19-25)27-15-9-14-26(22(27)3)29(17-16-27)20-21(2)18-23-10-6-5-7-11-23/h5-8,10-13,19,21-22,26,28H,4,9,14-18,20H2,1-3H3. The zero-order chi connectivity index (χ0) is 20.3. The summed E-state index contributed by atoms with van der Waals surface area (Å²) in [6, 6.07) is 21.1. The molecule has 1 saturated carbocycles. The van der Waals surface area contributed by atoms with E-state index in [4.69, 9.17) is 0 Å². The summed E-state index contributed by atoms with van der Waals surface area (Å²) in [5.41, 5.74) is 4.70. The van der Waals surface area contributed by atoms with Gasteiger partial charge in [-0.2, -0.15) is 0 Å². The predicted octanol–water partition coefficient (Wildman–Crippen LogP) is 6.13. The van der Waals surface area contributed by atoms with Crippen LogP contribution in [0.5, 0.6) is 0 Å². The molecule has 2 aromatic rings. The van der Waals surface area contributed by atoms with Crippen LogP contribution >= 0.6 is 0 Å². The average Bonchev–Trinajstić information content (AvgIpc) is 2.72. The third kappa shape index (κ3) is 4.23. The Balaban J connectivity index is 1.48. The number of piperidine rings is 1. The Bertz CT molecular complexity index is 786. The summed E-state index contributed by atoms with van der Waals surface area (Å²) in [5, 5.41) is 3.52. The van der Waals surface area contributed by atoms with Crippen molar-refractivity contribution in [1.82, 2.24) is 4.90 Å². The predicted molar refractivity (Wildman–Crippen MR) is 125 cm³/mol. The summed E-state index contributed by atoms with van der Waals surface area (Å²) >= 11 is 0. The molecule has 2 nitrogen and oxygen atoms in total. The summed E-state index contributed by atoms with van der Waals surface area (Å²) in [7, 11) is 0.